The summed E-state index contributed by atoms with van der Waals surface area (Å²) in [6.45, 7) is 3.00. The van der Waals surface area contributed by atoms with Crippen LogP contribution in [0.3, 0.4) is 0 Å². The zero-order valence-corrected chi connectivity index (χ0v) is 19.6. The fraction of sp³-hybridized carbons (Fsp3) is 0.480. The molecule has 0 atom stereocenters. The number of amides is 1. The maximum Gasteiger partial charge on any atom is 0.255 e. The van der Waals surface area contributed by atoms with Crippen molar-refractivity contribution in [2.24, 2.45) is 0 Å². The van der Waals surface area contributed by atoms with Gasteiger partial charge in [0.05, 0.1) is 4.90 Å². The van der Waals surface area contributed by atoms with Crippen LogP contribution in [0.25, 0.3) is 0 Å². The number of benzene rings is 2. The summed E-state index contributed by atoms with van der Waals surface area (Å²) in [5.41, 5.74) is 2.34. The molecule has 2 fully saturated rings. The van der Waals surface area contributed by atoms with Gasteiger partial charge in [0.25, 0.3) is 5.91 Å². The minimum Gasteiger partial charge on any atom is -0.322 e. The van der Waals surface area contributed by atoms with Crippen molar-refractivity contribution < 1.29 is 13.2 Å². The molecule has 0 unspecified atom stereocenters. The first-order valence-electron chi connectivity index (χ1n) is 11.6. The van der Waals surface area contributed by atoms with Gasteiger partial charge in [-0.2, -0.15) is 4.31 Å². The fourth-order valence-electron chi connectivity index (χ4n) is 4.74. The Bertz CT molecular complexity index is 1020. The molecule has 2 aromatic carbocycles. The van der Waals surface area contributed by atoms with E-state index in [4.69, 9.17) is 0 Å². The minimum absolute atomic E-state index is 0.0591. The van der Waals surface area contributed by atoms with Crippen molar-refractivity contribution in [2.45, 2.75) is 62.4 Å². The summed E-state index contributed by atoms with van der Waals surface area (Å²) < 4.78 is 27.6. The lowest BCUT2D eigenvalue weighted by molar-refractivity contribution is 0.102. The normalized spacial score (nSPS) is 18.2. The number of hydrogen-bond acceptors (Lipinski definition) is 4. The van der Waals surface area contributed by atoms with E-state index in [-0.39, 0.29) is 16.8 Å². The Balaban J connectivity index is 1.44. The van der Waals surface area contributed by atoms with Crippen LogP contribution in [0.5, 0.6) is 0 Å². The zero-order valence-electron chi connectivity index (χ0n) is 18.8. The van der Waals surface area contributed by atoms with E-state index in [1.165, 1.54) is 23.6 Å². The van der Waals surface area contributed by atoms with Gasteiger partial charge < -0.3 is 5.32 Å². The second-order valence-corrected chi connectivity index (χ2v) is 10.9. The number of nitrogens with zero attached hydrogens (tertiary/aromatic N) is 2. The summed E-state index contributed by atoms with van der Waals surface area (Å²) in [4.78, 5) is 15.5. The number of hydrogen-bond donors (Lipinski definition) is 1. The Hall–Kier alpha value is -2.22. The van der Waals surface area contributed by atoms with Crippen molar-refractivity contribution in [2.75, 3.05) is 25.5 Å². The lowest BCUT2D eigenvalue weighted by Crippen LogP contribution is -2.38. The van der Waals surface area contributed by atoms with Crippen molar-refractivity contribution in [1.82, 2.24) is 9.21 Å². The van der Waals surface area contributed by atoms with E-state index in [0.717, 1.165) is 56.6 Å². The van der Waals surface area contributed by atoms with Crippen LogP contribution in [0.4, 0.5) is 5.69 Å². The largest absolute Gasteiger partial charge is 0.322 e. The molecular formula is C25H33N3O3S. The number of likely N-dealkylation sites (tertiary alicyclic amines) is 1. The van der Waals surface area contributed by atoms with Crippen LogP contribution in [-0.2, 0) is 16.6 Å². The molecule has 0 bridgehead atoms. The highest BCUT2D eigenvalue weighted by atomic mass is 32.2. The average Bonchev–Trinajstić information content (AvgIpc) is 3.33. The summed E-state index contributed by atoms with van der Waals surface area (Å²) in [5.74, 6) is -0.233. The summed E-state index contributed by atoms with van der Waals surface area (Å²) in [7, 11) is -1.89. The summed E-state index contributed by atoms with van der Waals surface area (Å²) in [6, 6.07) is 14.2. The van der Waals surface area contributed by atoms with E-state index in [0.29, 0.717) is 5.56 Å². The SMILES string of the molecule is CN(C1CCCCC1)S(=O)(=O)c1ccc(C(=O)Nc2ccccc2CN2CCCC2)cc1. The quantitative estimate of drug-likeness (QED) is 0.668. The number of carbonyl (C=O) groups is 1. The monoisotopic (exact) mass is 455 g/mol. The number of para-hydroxylation sites is 1. The van der Waals surface area contributed by atoms with Gasteiger partial charge in [-0.1, -0.05) is 37.5 Å². The molecule has 1 N–H and O–H groups in total. The molecule has 0 radical (unpaired) electrons. The number of anilines is 1. The van der Waals surface area contributed by atoms with Crippen LogP contribution in [0, 0.1) is 0 Å². The van der Waals surface area contributed by atoms with Gasteiger partial charge in [0.1, 0.15) is 0 Å². The predicted molar refractivity (Wildman–Crippen MR) is 127 cm³/mol. The Labute approximate surface area is 191 Å². The highest BCUT2D eigenvalue weighted by molar-refractivity contribution is 7.89. The van der Waals surface area contributed by atoms with Gasteiger partial charge in [-0.25, -0.2) is 8.42 Å². The van der Waals surface area contributed by atoms with Crippen LogP contribution in [0.1, 0.15) is 60.9 Å². The first-order valence-corrected chi connectivity index (χ1v) is 13.1. The van der Waals surface area contributed by atoms with Gasteiger partial charge in [0, 0.05) is 30.9 Å². The van der Waals surface area contributed by atoms with E-state index in [9.17, 15) is 13.2 Å². The Kier molecular flexibility index (Phi) is 7.28. The first kappa shape index (κ1) is 23.0. The molecule has 1 saturated heterocycles. The van der Waals surface area contributed by atoms with Gasteiger partial charge in [-0.05, 0) is 74.7 Å². The van der Waals surface area contributed by atoms with Crippen LogP contribution in [0.2, 0.25) is 0 Å². The van der Waals surface area contributed by atoms with Crippen molar-refractivity contribution in [3.63, 3.8) is 0 Å². The number of carbonyl (C=O) groups excluding carboxylic acids is 1. The fourth-order valence-corrected chi connectivity index (χ4v) is 6.16. The highest BCUT2D eigenvalue weighted by Crippen LogP contribution is 2.27. The molecule has 172 valence electrons. The van der Waals surface area contributed by atoms with E-state index >= 15 is 0 Å². The van der Waals surface area contributed by atoms with Gasteiger partial charge in [0.15, 0.2) is 0 Å². The van der Waals surface area contributed by atoms with Crippen LogP contribution in [0.15, 0.2) is 53.4 Å². The minimum atomic E-state index is -3.56. The second-order valence-electron chi connectivity index (χ2n) is 8.93. The second kappa shape index (κ2) is 10.1. The van der Waals surface area contributed by atoms with Crippen molar-refractivity contribution >= 4 is 21.6 Å². The van der Waals surface area contributed by atoms with E-state index in [2.05, 4.69) is 10.2 Å². The Morgan fingerprint density at radius 2 is 1.62 bits per heavy atom. The van der Waals surface area contributed by atoms with Gasteiger partial charge in [-0.3, -0.25) is 9.69 Å². The molecule has 1 amide bonds. The summed E-state index contributed by atoms with van der Waals surface area (Å²) in [5, 5.41) is 3.01. The maximum atomic E-state index is 13.0. The zero-order chi connectivity index (χ0) is 22.6. The maximum absolute atomic E-state index is 13.0. The van der Waals surface area contributed by atoms with Gasteiger partial charge in [-0.15, -0.1) is 0 Å². The van der Waals surface area contributed by atoms with Gasteiger partial charge in [0.2, 0.25) is 10.0 Å². The number of nitrogens with one attached hydrogen (secondary N) is 1. The molecule has 2 aliphatic rings. The van der Waals surface area contributed by atoms with Crippen molar-refractivity contribution in [3.05, 3.63) is 59.7 Å². The molecule has 1 aliphatic carbocycles. The molecule has 0 aromatic heterocycles. The molecule has 1 heterocycles. The highest BCUT2D eigenvalue weighted by Gasteiger charge is 2.29. The molecule has 6 nitrogen and oxygen atoms in total. The van der Waals surface area contributed by atoms with E-state index in [1.54, 1.807) is 31.3 Å². The standard InChI is InChI=1S/C25H33N3O3S/c1-27(22-10-3-2-4-11-22)32(30,31)23-15-13-20(14-16-23)25(29)26-24-12-6-5-9-21(24)19-28-17-7-8-18-28/h5-6,9,12-16,22H,2-4,7-8,10-11,17-19H2,1H3,(H,26,29). The number of sulfonamides is 1. The van der Waals surface area contributed by atoms with Crippen molar-refractivity contribution in [3.8, 4) is 0 Å². The van der Waals surface area contributed by atoms with Crippen molar-refractivity contribution in [1.29, 1.82) is 0 Å². The topological polar surface area (TPSA) is 69.7 Å². The third-order valence-corrected chi connectivity index (χ3v) is 8.66. The molecule has 32 heavy (non-hydrogen) atoms. The lowest BCUT2D eigenvalue weighted by atomic mass is 9.96. The molecular weight excluding hydrogens is 422 g/mol. The van der Waals surface area contributed by atoms with E-state index in [1.807, 2.05) is 24.3 Å². The Morgan fingerprint density at radius 1 is 0.969 bits per heavy atom. The van der Waals surface area contributed by atoms with Gasteiger partial charge >= 0.3 is 0 Å². The van der Waals surface area contributed by atoms with E-state index < -0.39 is 10.0 Å². The Morgan fingerprint density at radius 3 is 2.31 bits per heavy atom. The molecule has 2 aromatic rings. The summed E-state index contributed by atoms with van der Waals surface area (Å²) in [6.07, 6.45) is 7.58. The first-order chi connectivity index (χ1) is 15.4. The van der Waals surface area contributed by atoms with Crippen LogP contribution in [-0.4, -0.2) is 49.7 Å². The molecule has 1 aliphatic heterocycles. The smallest absolute Gasteiger partial charge is 0.255 e. The molecule has 7 heteroatoms. The molecule has 4 rings (SSSR count). The third-order valence-electron chi connectivity index (χ3n) is 6.74. The number of rotatable bonds is 7. The average molecular weight is 456 g/mol. The lowest BCUT2D eigenvalue weighted by Gasteiger charge is -2.30. The van der Waals surface area contributed by atoms with Crippen LogP contribution >= 0.6 is 0 Å². The molecule has 0 spiro atoms. The molecule has 1 saturated carbocycles. The predicted octanol–water partition coefficient (Wildman–Crippen LogP) is 4.49. The third kappa shape index (κ3) is 5.22. The van der Waals surface area contributed by atoms with Crippen LogP contribution < -0.4 is 5.32 Å². The summed E-state index contributed by atoms with van der Waals surface area (Å²) >= 11 is 0.